The van der Waals surface area contributed by atoms with E-state index in [4.69, 9.17) is 21.8 Å². The van der Waals surface area contributed by atoms with Gasteiger partial charge in [0.1, 0.15) is 0 Å². The number of nitrogens with zero attached hydrogens (tertiary/aromatic N) is 2. The van der Waals surface area contributed by atoms with E-state index < -0.39 is 5.91 Å². The van der Waals surface area contributed by atoms with Gasteiger partial charge in [-0.2, -0.15) is 0 Å². The Morgan fingerprint density at radius 2 is 1.52 bits per heavy atom. The van der Waals surface area contributed by atoms with Crippen molar-refractivity contribution < 1.29 is 9.21 Å². The van der Waals surface area contributed by atoms with Crippen LogP contribution in [0.25, 0.3) is 22.9 Å². The van der Waals surface area contributed by atoms with E-state index in [1.54, 1.807) is 36.4 Å². The highest BCUT2D eigenvalue weighted by atomic mass is 35.5. The third kappa shape index (κ3) is 2.51. The molecule has 0 fully saturated rings. The fraction of sp³-hybridized carbons (Fsp3) is 0. The number of rotatable bonds is 3. The summed E-state index contributed by atoms with van der Waals surface area (Å²) in [4.78, 5) is 11.4. The Labute approximate surface area is 125 Å². The van der Waals surface area contributed by atoms with Crippen molar-refractivity contribution in [2.24, 2.45) is 5.73 Å². The quantitative estimate of drug-likeness (QED) is 0.805. The minimum atomic E-state index is -0.553. The lowest BCUT2D eigenvalue weighted by Gasteiger charge is -2.01. The Morgan fingerprint density at radius 1 is 0.952 bits per heavy atom. The van der Waals surface area contributed by atoms with Gasteiger partial charge in [-0.3, -0.25) is 4.79 Å². The fourth-order valence-corrected chi connectivity index (χ4v) is 2.18. The summed E-state index contributed by atoms with van der Waals surface area (Å²) in [7, 11) is 0. The molecule has 0 bridgehead atoms. The summed E-state index contributed by atoms with van der Waals surface area (Å²) in [5.41, 5.74) is 6.80. The summed E-state index contributed by atoms with van der Waals surface area (Å²) in [6, 6.07) is 13.9. The normalized spacial score (nSPS) is 10.5. The minimum absolute atomic E-state index is 0.222. The van der Waals surface area contributed by atoms with Gasteiger partial charge in [0, 0.05) is 0 Å². The molecule has 0 saturated carbocycles. The Hall–Kier alpha value is -2.66. The number of carbonyl (C=O) groups excluding carboxylic acids is 1. The van der Waals surface area contributed by atoms with Crippen molar-refractivity contribution in [2.75, 3.05) is 0 Å². The standard InChI is InChI=1S/C15H10ClN3O2/c16-12-8-4-3-7-11(12)15-19-18-14(21-15)10-6-2-1-5-9(10)13(17)20/h1-8H,(H2,17,20). The third-order valence-corrected chi connectivity index (χ3v) is 3.28. The van der Waals surface area contributed by atoms with E-state index in [0.29, 0.717) is 21.7 Å². The molecule has 0 radical (unpaired) electrons. The maximum Gasteiger partial charge on any atom is 0.249 e. The summed E-state index contributed by atoms with van der Waals surface area (Å²) >= 11 is 6.09. The lowest BCUT2D eigenvalue weighted by Crippen LogP contribution is -2.12. The molecule has 0 spiro atoms. The van der Waals surface area contributed by atoms with Crippen LogP contribution in [0.3, 0.4) is 0 Å². The lowest BCUT2D eigenvalue weighted by molar-refractivity contribution is 0.100. The summed E-state index contributed by atoms with van der Waals surface area (Å²) in [5.74, 6) is -0.0442. The molecule has 5 nitrogen and oxygen atoms in total. The van der Waals surface area contributed by atoms with Crippen molar-refractivity contribution in [3.63, 3.8) is 0 Å². The molecule has 2 N–H and O–H groups in total. The number of aromatic nitrogens is 2. The molecule has 0 atom stereocenters. The number of hydrogen-bond acceptors (Lipinski definition) is 4. The Morgan fingerprint density at radius 3 is 2.19 bits per heavy atom. The van der Waals surface area contributed by atoms with Crippen molar-refractivity contribution in [2.45, 2.75) is 0 Å². The summed E-state index contributed by atoms with van der Waals surface area (Å²) in [5, 5.41) is 8.44. The number of halogens is 1. The fourth-order valence-electron chi connectivity index (χ4n) is 1.96. The Balaban J connectivity index is 2.08. The molecule has 104 valence electrons. The maximum absolute atomic E-state index is 11.4. The van der Waals surface area contributed by atoms with E-state index in [0.717, 1.165) is 0 Å². The molecule has 1 aromatic heterocycles. The van der Waals surface area contributed by atoms with Gasteiger partial charge in [0.15, 0.2) is 0 Å². The highest BCUT2D eigenvalue weighted by Gasteiger charge is 2.17. The largest absolute Gasteiger partial charge is 0.416 e. The van der Waals surface area contributed by atoms with Gasteiger partial charge in [-0.1, -0.05) is 35.9 Å². The molecular formula is C15H10ClN3O2. The van der Waals surface area contributed by atoms with Crippen molar-refractivity contribution >= 4 is 17.5 Å². The molecule has 3 aromatic rings. The van der Waals surface area contributed by atoms with Crippen molar-refractivity contribution in [3.05, 3.63) is 59.1 Å². The van der Waals surface area contributed by atoms with Gasteiger partial charge in [-0.25, -0.2) is 0 Å². The SMILES string of the molecule is NC(=O)c1ccccc1-c1nnc(-c2ccccc2Cl)o1. The van der Waals surface area contributed by atoms with Crippen LogP contribution in [0.4, 0.5) is 0 Å². The highest BCUT2D eigenvalue weighted by Crippen LogP contribution is 2.30. The van der Waals surface area contributed by atoms with Crippen molar-refractivity contribution in [3.8, 4) is 22.9 Å². The van der Waals surface area contributed by atoms with Gasteiger partial charge in [0.2, 0.25) is 17.7 Å². The van der Waals surface area contributed by atoms with E-state index >= 15 is 0 Å². The summed E-state index contributed by atoms with van der Waals surface area (Å²) in [6.45, 7) is 0. The topological polar surface area (TPSA) is 82.0 Å². The second-order valence-electron chi connectivity index (χ2n) is 4.30. The smallest absolute Gasteiger partial charge is 0.249 e. The van der Waals surface area contributed by atoms with Crippen LogP contribution in [0, 0.1) is 0 Å². The zero-order valence-electron chi connectivity index (χ0n) is 10.8. The highest BCUT2D eigenvalue weighted by molar-refractivity contribution is 6.33. The van der Waals surface area contributed by atoms with Gasteiger partial charge in [-0.05, 0) is 24.3 Å². The maximum atomic E-state index is 11.4. The van der Waals surface area contributed by atoms with Crippen LogP contribution >= 0.6 is 11.6 Å². The summed E-state index contributed by atoms with van der Waals surface area (Å²) < 4.78 is 5.61. The first-order valence-corrected chi connectivity index (χ1v) is 6.52. The van der Waals surface area contributed by atoms with Gasteiger partial charge >= 0.3 is 0 Å². The summed E-state index contributed by atoms with van der Waals surface area (Å²) in [6.07, 6.45) is 0. The molecule has 6 heteroatoms. The molecular weight excluding hydrogens is 290 g/mol. The van der Waals surface area contributed by atoms with E-state index in [2.05, 4.69) is 10.2 Å². The molecule has 0 unspecified atom stereocenters. The van der Waals surface area contributed by atoms with E-state index in [-0.39, 0.29) is 11.8 Å². The number of nitrogens with two attached hydrogens (primary N) is 1. The predicted molar refractivity (Wildman–Crippen MR) is 78.7 cm³/mol. The number of carbonyl (C=O) groups is 1. The van der Waals surface area contributed by atoms with Gasteiger partial charge in [0.25, 0.3) is 0 Å². The van der Waals surface area contributed by atoms with Crippen LogP contribution in [-0.2, 0) is 0 Å². The molecule has 0 aliphatic carbocycles. The zero-order chi connectivity index (χ0) is 14.8. The number of amides is 1. The molecule has 0 aliphatic heterocycles. The van der Waals surface area contributed by atoms with E-state index in [9.17, 15) is 4.79 Å². The second-order valence-corrected chi connectivity index (χ2v) is 4.71. The first-order chi connectivity index (χ1) is 10.2. The van der Waals surface area contributed by atoms with Crippen molar-refractivity contribution in [1.29, 1.82) is 0 Å². The zero-order valence-corrected chi connectivity index (χ0v) is 11.5. The van der Waals surface area contributed by atoms with Gasteiger partial charge in [0.05, 0.1) is 21.7 Å². The minimum Gasteiger partial charge on any atom is -0.416 e. The molecule has 0 saturated heterocycles. The average molecular weight is 300 g/mol. The van der Waals surface area contributed by atoms with E-state index in [1.807, 2.05) is 12.1 Å². The molecule has 21 heavy (non-hydrogen) atoms. The van der Waals surface area contributed by atoms with Crippen LogP contribution in [0.5, 0.6) is 0 Å². The van der Waals surface area contributed by atoms with Gasteiger partial charge < -0.3 is 10.2 Å². The first-order valence-electron chi connectivity index (χ1n) is 6.14. The monoisotopic (exact) mass is 299 g/mol. The molecule has 2 aromatic carbocycles. The molecule has 1 amide bonds. The lowest BCUT2D eigenvalue weighted by atomic mass is 10.1. The van der Waals surface area contributed by atoms with Crippen LogP contribution in [-0.4, -0.2) is 16.1 Å². The predicted octanol–water partition coefficient (Wildman–Crippen LogP) is 3.16. The molecule has 3 rings (SSSR count). The first kappa shape index (κ1) is 13.3. The van der Waals surface area contributed by atoms with Crippen molar-refractivity contribution in [1.82, 2.24) is 10.2 Å². The molecule has 1 heterocycles. The van der Waals surface area contributed by atoms with Gasteiger partial charge in [-0.15, -0.1) is 10.2 Å². The number of benzene rings is 2. The van der Waals surface area contributed by atoms with Crippen LogP contribution in [0.2, 0.25) is 5.02 Å². The van der Waals surface area contributed by atoms with Crippen LogP contribution in [0.1, 0.15) is 10.4 Å². The number of primary amides is 1. The van der Waals surface area contributed by atoms with E-state index in [1.165, 1.54) is 0 Å². The van der Waals surface area contributed by atoms with Crippen LogP contribution < -0.4 is 5.73 Å². The number of hydrogen-bond donors (Lipinski definition) is 1. The Kier molecular flexibility index (Phi) is 3.41. The second kappa shape index (κ2) is 5.38. The van der Waals surface area contributed by atoms with Crippen LogP contribution in [0.15, 0.2) is 52.9 Å². The average Bonchev–Trinajstić information content (AvgIpc) is 2.97. The Bertz CT molecular complexity index is 814. The molecule has 0 aliphatic rings. The third-order valence-electron chi connectivity index (χ3n) is 2.95.